The van der Waals surface area contributed by atoms with Crippen LogP contribution in [0, 0.1) is 0 Å². The van der Waals surface area contributed by atoms with Gasteiger partial charge in [-0.25, -0.2) is 14.4 Å². The van der Waals surface area contributed by atoms with Gasteiger partial charge in [0.2, 0.25) is 0 Å². The Labute approximate surface area is 221 Å². The van der Waals surface area contributed by atoms with Crippen molar-refractivity contribution in [3.8, 4) is 0 Å². The summed E-state index contributed by atoms with van der Waals surface area (Å²) in [5.74, 6) is -2.75. The zero-order chi connectivity index (χ0) is 27.4. The van der Waals surface area contributed by atoms with Crippen molar-refractivity contribution >= 4 is 39.5 Å². The number of ether oxygens (including phenoxy) is 1. The molecule has 0 aliphatic heterocycles. The zero-order valence-electron chi connectivity index (χ0n) is 21.5. The largest absolute Gasteiger partial charge is 0.478 e. The van der Waals surface area contributed by atoms with Crippen LogP contribution in [0.25, 0.3) is 21.5 Å². The van der Waals surface area contributed by atoms with E-state index in [4.69, 9.17) is 14.9 Å². The number of rotatable bonds is 5. The van der Waals surface area contributed by atoms with E-state index in [2.05, 4.69) is 62.0 Å². The molecule has 0 saturated heterocycles. The van der Waals surface area contributed by atoms with Crippen LogP contribution < -0.4 is 0 Å². The Hall–Kier alpha value is -4.45. The SMILES string of the molecule is C=C(C)C(=O)OC1(CC)CCCc2c1ccc1c2ccc2ccccc21.O=C(O)c1ccccc1C(=O)O. The van der Waals surface area contributed by atoms with Crippen LogP contribution in [0.1, 0.15) is 65.0 Å². The van der Waals surface area contributed by atoms with Gasteiger partial charge in [-0.15, -0.1) is 0 Å². The minimum Gasteiger partial charge on any atom is -0.478 e. The molecule has 0 amide bonds. The lowest BCUT2D eigenvalue weighted by molar-refractivity contribution is -0.158. The van der Waals surface area contributed by atoms with Crippen LogP contribution in [0.3, 0.4) is 0 Å². The molecule has 6 heteroatoms. The molecule has 4 aromatic carbocycles. The van der Waals surface area contributed by atoms with E-state index in [9.17, 15) is 14.4 Å². The normalized spacial score (nSPS) is 16.2. The smallest absolute Gasteiger partial charge is 0.336 e. The molecule has 2 N–H and O–H groups in total. The first-order valence-electron chi connectivity index (χ1n) is 12.6. The zero-order valence-corrected chi connectivity index (χ0v) is 21.5. The summed E-state index contributed by atoms with van der Waals surface area (Å²) in [7, 11) is 0. The van der Waals surface area contributed by atoms with Crippen molar-refractivity contribution in [2.75, 3.05) is 0 Å². The monoisotopic (exact) mass is 510 g/mol. The van der Waals surface area contributed by atoms with Crippen LogP contribution in [0.2, 0.25) is 0 Å². The minimum absolute atomic E-state index is 0.190. The molecule has 194 valence electrons. The molecule has 0 bridgehead atoms. The topological polar surface area (TPSA) is 101 Å². The number of aromatic carboxylic acids is 2. The highest BCUT2D eigenvalue weighted by atomic mass is 16.6. The number of hydrogen-bond donors (Lipinski definition) is 2. The average Bonchev–Trinajstić information content (AvgIpc) is 2.93. The second-order valence-corrected chi connectivity index (χ2v) is 9.50. The molecule has 0 fully saturated rings. The Kier molecular flexibility index (Phi) is 7.62. The molecule has 4 aromatic rings. The number of hydrogen-bond acceptors (Lipinski definition) is 4. The molecular weight excluding hydrogens is 480 g/mol. The summed E-state index contributed by atoms with van der Waals surface area (Å²) in [6, 6.07) is 22.8. The number of carboxylic acids is 2. The molecule has 1 aliphatic carbocycles. The summed E-state index contributed by atoms with van der Waals surface area (Å²) < 4.78 is 6.01. The number of carboxylic acid groups (broad SMARTS) is 2. The Balaban J connectivity index is 0.000000236. The summed E-state index contributed by atoms with van der Waals surface area (Å²) >= 11 is 0. The van der Waals surface area contributed by atoms with Gasteiger partial charge in [-0.2, -0.15) is 0 Å². The summed E-state index contributed by atoms with van der Waals surface area (Å²) in [5.41, 5.74) is 2.04. The molecule has 5 rings (SSSR count). The van der Waals surface area contributed by atoms with Gasteiger partial charge in [0.1, 0.15) is 5.60 Å². The second-order valence-electron chi connectivity index (χ2n) is 9.50. The van der Waals surface area contributed by atoms with Crippen LogP contribution in [0.4, 0.5) is 0 Å². The fraction of sp³-hybridized carbons (Fsp3) is 0.219. The molecule has 1 aliphatic rings. The number of esters is 1. The maximum Gasteiger partial charge on any atom is 0.336 e. The van der Waals surface area contributed by atoms with E-state index in [-0.39, 0.29) is 17.1 Å². The molecular formula is C32H30O6. The Morgan fingerprint density at radius 1 is 0.842 bits per heavy atom. The molecule has 0 radical (unpaired) electrons. The van der Waals surface area contributed by atoms with E-state index in [1.165, 1.54) is 56.9 Å². The van der Waals surface area contributed by atoms with Gasteiger partial charge in [-0.1, -0.05) is 74.2 Å². The van der Waals surface area contributed by atoms with Gasteiger partial charge in [0.15, 0.2) is 0 Å². The summed E-state index contributed by atoms with van der Waals surface area (Å²) in [6.45, 7) is 7.56. The molecule has 1 unspecified atom stereocenters. The lowest BCUT2D eigenvalue weighted by atomic mass is 9.75. The van der Waals surface area contributed by atoms with Crippen molar-refractivity contribution in [1.29, 1.82) is 0 Å². The van der Waals surface area contributed by atoms with Gasteiger partial charge >= 0.3 is 17.9 Å². The molecule has 0 heterocycles. The summed E-state index contributed by atoms with van der Waals surface area (Å²) in [6.07, 6.45) is 3.69. The third kappa shape index (κ3) is 5.02. The number of carbonyl (C=O) groups excluding carboxylic acids is 1. The summed E-state index contributed by atoms with van der Waals surface area (Å²) in [4.78, 5) is 33.2. The van der Waals surface area contributed by atoms with Crippen molar-refractivity contribution in [3.63, 3.8) is 0 Å². The fourth-order valence-corrected chi connectivity index (χ4v) is 5.20. The lowest BCUT2D eigenvalue weighted by Gasteiger charge is -2.38. The number of fused-ring (bicyclic) bond motifs is 5. The van der Waals surface area contributed by atoms with E-state index in [1.807, 2.05) is 0 Å². The van der Waals surface area contributed by atoms with Gasteiger partial charge in [0.05, 0.1) is 11.1 Å². The minimum atomic E-state index is -1.23. The summed E-state index contributed by atoms with van der Waals surface area (Å²) in [5, 5.41) is 22.2. The van der Waals surface area contributed by atoms with E-state index in [1.54, 1.807) is 6.92 Å². The van der Waals surface area contributed by atoms with Crippen molar-refractivity contribution < 1.29 is 29.3 Å². The Morgan fingerprint density at radius 2 is 1.45 bits per heavy atom. The predicted molar refractivity (Wildman–Crippen MR) is 148 cm³/mol. The third-order valence-electron chi connectivity index (χ3n) is 7.13. The highest BCUT2D eigenvalue weighted by Crippen LogP contribution is 2.44. The first-order valence-corrected chi connectivity index (χ1v) is 12.6. The average molecular weight is 511 g/mol. The molecule has 38 heavy (non-hydrogen) atoms. The fourth-order valence-electron chi connectivity index (χ4n) is 5.20. The molecule has 6 nitrogen and oxygen atoms in total. The van der Waals surface area contributed by atoms with Gasteiger partial charge in [0.25, 0.3) is 0 Å². The van der Waals surface area contributed by atoms with E-state index in [0.717, 1.165) is 25.7 Å². The highest BCUT2D eigenvalue weighted by molar-refractivity contribution is 6.09. The van der Waals surface area contributed by atoms with E-state index in [0.29, 0.717) is 5.57 Å². The number of benzene rings is 4. The van der Waals surface area contributed by atoms with Crippen LogP contribution in [0.5, 0.6) is 0 Å². The van der Waals surface area contributed by atoms with Crippen LogP contribution in [-0.4, -0.2) is 28.1 Å². The second kappa shape index (κ2) is 10.9. The van der Waals surface area contributed by atoms with Crippen LogP contribution in [0.15, 0.2) is 84.9 Å². The predicted octanol–water partition coefficient (Wildman–Crippen LogP) is 7.14. The number of aryl methyl sites for hydroxylation is 1. The van der Waals surface area contributed by atoms with E-state index < -0.39 is 17.5 Å². The van der Waals surface area contributed by atoms with Crippen molar-refractivity contribution in [2.45, 2.75) is 45.1 Å². The number of carbonyl (C=O) groups is 3. The van der Waals surface area contributed by atoms with Gasteiger partial charge in [-0.3, -0.25) is 0 Å². The van der Waals surface area contributed by atoms with Crippen molar-refractivity contribution in [1.82, 2.24) is 0 Å². The quantitative estimate of drug-likeness (QED) is 0.168. The molecule has 0 saturated carbocycles. The van der Waals surface area contributed by atoms with Gasteiger partial charge in [0, 0.05) is 5.57 Å². The maximum atomic E-state index is 12.3. The first-order chi connectivity index (χ1) is 18.2. The van der Waals surface area contributed by atoms with Crippen LogP contribution >= 0.6 is 0 Å². The third-order valence-corrected chi connectivity index (χ3v) is 7.13. The molecule has 0 aromatic heterocycles. The lowest BCUT2D eigenvalue weighted by Crippen LogP contribution is -2.36. The highest BCUT2D eigenvalue weighted by Gasteiger charge is 2.39. The maximum absolute atomic E-state index is 12.3. The molecule has 0 spiro atoms. The Morgan fingerprint density at radius 3 is 2.05 bits per heavy atom. The van der Waals surface area contributed by atoms with Gasteiger partial charge in [-0.05, 0) is 77.4 Å². The van der Waals surface area contributed by atoms with Crippen molar-refractivity contribution in [3.05, 3.63) is 107 Å². The standard InChI is InChI=1S/C24H24O2.C8H6O4/c1-4-24(26-23(25)16(2)3)15-7-10-21-20-12-11-17-8-5-6-9-18(17)19(20)13-14-22(21)24;9-7(10)5-3-1-2-4-6(5)8(11)12/h5-6,8-9,11-14H,2,4,7,10,15H2,1,3H3;1-4H,(H,9,10)(H,11,12). The van der Waals surface area contributed by atoms with Crippen LogP contribution in [-0.2, 0) is 21.6 Å². The van der Waals surface area contributed by atoms with E-state index >= 15 is 0 Å². The first kappa shape index (κ1) is 26.6. The Bertz CT molecular complexity index is 1530. The van der Waals surface area contributed by atoms with Gasteiger partial charge < -0.3 is 14.9 Å². The molecule has 1 atom stereocenters. The van der Waals surface area contributed by atoms with Crippen molar-refractivity contribution in [2.24, 2.45) is 0 Å².